The Hall–Kier alpha value is -2.86. The quantitative estimate of drug-likeness (QED) is 0.751. The summed E-state index contributed by atoms with van der Waals surface area (Å²) in [6, 6.07) is 5.06. The Morgan fingerprint density at radius 1 is 1.16 bits per heavy atom. The molecule has 25 heavy (non-hydrogen) atoms. The fourth-order valence-corrected chi connectivity index (χ4v) is 1.61. The van der Waals surface area contributed by atoms with E-state index in [1.54, 1.807) is 14.1 Å². The fourth-order valence-electron chi connectivity index (χ4n) is 1.61. The van der Waals surface area contributed by atoms with Crippen LogP contribution in [0.25, 0.3) is 0 Å². The number of rotatable bonds is 6. The van der Waals surface area contributed by atoms with Crippen molar-refractivity contribution in [1.29, 1.82) is 0 Å². The third-order valence-electron chi connectivity index (χ3n) is 2.71. The number of nitrogens with one attached hydrogen (secondary N) is 1. The number of anilines is 4. The second-order valence-corrected chi connectivity index (χ2v) is 4.98. The Morgan fingerprint density at radius 3 is 2.32 bits per heavy atom. The van der Waals surface area contributed by atoms with Gasteiger partial charge in [-0.3, -0.25) is 5.21 Å². The summed E-state index contributed by atoms with van der Waals surface area (Å²) in [6.45, 7) is -1.53. The zero-order valence-corrected chi connectivity index (χ0v) is 13.2. The molecule has 136 valence electrons. The van der Waals surface area contributed by atoms with E-state index in [2.05, 4.69) is 25.0 Å². The van der Waals surface area contributed by atoms with E-state index in [9.17, 15) is 18.4 Å². The third kappa shape index (κ3) is 5.61. The van der Waals surface area contributed by atoms with E-state index >= 15 is 0 Å². The summed E-state index contributed by atoms with van der Waals surface area (Å²) < 4.78 is 41.4. The van der Waals surface area contributed by atoms with Crippen molar-refractivity contribution in [3.05, 3.63) is 29.5 Å². The number of hydrogen-bond acceptors (Lipinski definition) is 9. The average molecular weight is 359 g/mol. The predicted molar refractivity (Wildman–Crippen MR) is 83.1 cm³/mol. The molecular weight excluding hydrogens is 345 g/mol. The van der Waals surface area contributed by atoms with Crippen molar-refractivity contribution in [2.24, 2.45) is 0 Å². The molecule has 0 fully saturated rings. The van der Waals surface area contributed by atoms with Crippen LogP contribution in [0.1, 0.15) is 0 Å². The largest absolute Gasteiger partial charge is 0.733 e. The van der Waals surface area contributed by atoms with E-state index in [1.807, 2.05) is 0 Å². The standard InChI is InChI=1S/C13H14F3N6O3/c1-21(2)11-18-10(19-12(20-11)25-7-13(14,15)16)17-8-3-5-9(6-4-8)22(23)24/h3-6,23H,7H2,1-2H3,(H,17,18,19,20)/q-1. The van der Waals surface area contributed by atoms with Crippen molar-refractivity contribution in [3.8, 4) is 6.01 Å². The molecule has 0 atom stereocenters. The first-order chi connectivity index (χ1) is 11.6. The Bertz CT molecular complexity index is 709. The van der Waals surface area contributed by atoms with E-state index in [0.29, 0.717) is 5.69 Å². The van der Waals surface area contributed by atoms with Gasteiger partial charge < -0.3 is 25.4 Å². The van der Waals surface area contributed by atoms with Gasteiger partial charge in [0.15, 0.2) is 6.61 Å². The number of ether oxygens (including phenoxy) is 1. The Morgan fingerprint density at radius 2 is 1.80 bits per heavy atom. The van der Waals surface area contributed by atoms with Crippen LogP contribution in [0.15, 0.2) is 24.3 Å². The lowest BCUT2D eigenvalue weighted by Crippen LogP contribution is -2.21. The first-order valence-electron chi connectivity index (χ1n) is 6.80. The smallest absolute Gasteiger partial charge is 0.422 e. The van der Waals surface area contributed by atoms with Gasteiger partial charge in [-0.1, -0.05) is 0 Å². The molecule has 1 aromatic carbocycles. The van der Waals surface area contributed by atoms with E-state index in [4.69, 9.17) is 5.21 Å². The van der Waals surface area contributed by atoms with Gasteiger partial charge in [0.25, 0.3) is 0 Å². The van der Waals surface area contributed by atoms with E-state index in [0.717, 1.165) is 0 Å². The lowest BCUT2D eigenvalue weighted by Gasteiger charge is -2.21. The summed E-state index contributed by atoms with van der Waals surface area (Å²) in [4.78, 5) is 13.1. The monoisotopic (exact) mass is 359 g/mol. The van der Waals surface area contributed by atoms with Crippen LogP contribution in [0.5, 0.6) is 6.01 Å². The molecule has 12 heteroatoms. The Kier molecular flexibility index (Phi) is 5.44. The molecule has 0 radical (unpaired) electrons. The zero-order chi connectivity index (χ0) is 18.6. The van der Waals surface area contributed by atoms with Crippen LogP contribution in [-0.2, 0) is 0 Å². The summed E-state index contributed by atoms with van der Waals surface area (Å²) in [5, 5.41) is 22.0. The third-order valence-corrected chi connectivity index (χ3v) is 2.71. The van der Waals surface area contributed by atoms with Crippen LogP contribution in [0.3, 0.4) is 0 Å². The molecule has 2 N–H and O–H groups in total. The maximum atomic E-state index is 12.3. The number of aromatic nitrogens is 3. The van der Waals surface area contributed by atoms with Crippen LogP contribution >= 0.6 is 0 Å². The van der Waals surface area contributed by atoms with Crippen LogP contribution in [0.2, 0.25) is 0 Å². The highest BCUT2D eigenvalue weighted by Crippen LogP contribution is 2.22. The molecular formula is C13H14F3N6O3-. The van der Waals surface area contributed by atoms with Gasteiger partial charge in [0, 0.05) is 19.8 Å². The molecule has 2 rings (SSSR count). The Balaban J connectivity index is 2.22. The molecule has 0 aliphatic heterocycles. The molecule has 2 aromatic rings. The number of halogens is 3. The minimum atomic E-state index is -4.52. The lowest BCUT2D eigenvalue weighted by atomic mass is 10.3. The summed E-state index contributed by atoms with van der Waals surface area (Å²) in [7, 11) is 3.21. The van der Waals surface area contributed by atoms with Crippen molar-refractivity contribution in [1.82, 2.24) is 15.0 Å². The second-order valence-electron chi connectivity index (χ2n) is 4.98. The summed E-state index contributed by atoms with van der Waals surface area (Å²) in [6.07, 6.45) is -4.52. The van der Waals surface area contributed by atoms with Crippen LogP contribution in [0.4, 0.5) is 36.4 Å². The number of alkyl halides is 3. The van der Waals surface area contributed by atoms with Gasteiger partial charge in [0.2, 0.25) is 11.9 Å². The fraction of sp³-hybridized carbons (Fsp3) is 0.308. The van der Waals surface area contributed by atoms with Crippen molar-refractivity contribution in [2.45, 2.75) is 6.18 Å². The van der Waals surface area contributed by atoms with Gasteiger partial charge in [0.1, 0.15) is 0 Å². The maximum absolute atomic E-state index is 12.3. The zero-order valence-electron chi connectivity index (χ0n) is 13.2. The van der Waals surface area contributed by atoms with Crippen molar-refractivity contribution < 1.29 is 23.1 Å². The SMILES string of the molecule is CN(C)c1nc(Nc2ccc(N([O-])O)cc2)nc(OCC(F)(F)F)n1. The van der Waals surface area contributed by atoms with Gasteiger partial charge >= 0.3 is 12.2 Å². The second kappa shape index (κ2) is 7.36. The Labute approximate surface area is 140 Å². The molecule has 9 nitrogen and oxygen atoms in total. The van der Waals surface area contributed by atoms with Gasteiger partial charge in [-0.15, -0.1) is 0 Å². The van der Waals surface area contributed by atoms with Gasteiger partial charge in [0.05, 0.1) is 5.69 Å². The van der Waals surface area contributed by atoms with Crippen molar-refractivity contribution >= 4 is 23.3 Å². The highest BCUT2D eigenvalue weighted by atomic mass is 19.4. The topological polar surface area (TPSA) is 110 Å². The number of nitrogens with zero attached hydrogens (tertiary/aromatic N) is 5. The number of hydrogen-bond donors (Lipinski definition) is 2. The van der Waals surface area contributed by atoms with E-state index in [-0.39, 0.29) is 22.8 Å². The van der Waals surface area contributed by atoms with Crippen LogP contribution in [0, 0.1) is 5.21 Å². The average Bonchev–Trinajstić information content (AvgIpc) is 2.52. The summed E-state index contributed by atoms with van der Waals surface area (Å²) in [5.41, 5.74) is 0.438. The highest BCUT2D eigenvalue weighted by molar-refractivity contribution is 5.59. The summed E-state index contributed by atoms with van der Waals surface area (Å²) >= 11 is 0. The first-order valence-corrected chi connectivity index (χ1v) is 6.80. The van der Waals surface area contributed by atoms with Crippen molar-refractivity contribution in [3.63, 3.8) is 0 Å². The molecule has 0 unspecified atom stereocenters. The highest BCUT2D eigenvalue weighted by Gasteiger charge is 2.29. The van der Waals surface area contributed by atoms with E-state index < -0.39 is 18.8 Å². The lowest BCUT2D eigenvalue weighted by molar-refractivity contribution is -0.154. The molecule has 1 heterocycles. The molecule has 0 aliphatic rings. The molecule has 0 saturated heterocycles. The molecule has 0 spiro atoms. The van der Waals surface area contributed by atoms with Crippen LogP contribution in [-0.4, -0.2) is 47.0 Å². The normalized spacial score (nSPS) is 11.2. The summed E-state index contributed by atoms with van der Waals surface area (Å²) in [5.74, 6) is 0.0407. The number of benzene rings is 1. The van der Waals surface area contributed by atoms with Gasteiger partial charge in [-0.05, 0) is 24.3 Å². The maximum Gasteiger partial charge on any atom is 0.422 e. The molecule has 0 aliphatic carbocycles. The van der Waals surface area contributed by atoms with Gasteiger partial charge in [-0.2, -0.15) is 28.1 Å². The minimum absolute atomic E-state index is 0.00405. The van der Waals surface area contributed by atoms with E-state index in [1.165, 1.54) is 29.2 Å². The molecule has 0 bridgehead atoms. The molecule has 0 amide bonds. The van der Waals surface area contributed by atoms with Gasteiger partial charge in [-0.25, -0.2) is 0 Å². The molecule has 1 aromatic heterocycles. The first kappa shape index (κ1) is 18.5. The minimum Gasteiger partial charge on any atom is -0.733 e. The van der Waals surface area contributed by atoms with Crippen LogP contribution < -0.4 is 20.2 Å². The van der Waals surface area contributed by atoms with Crippen molar-refractivity contribution in [2.75, 3.05) is 36.1 Å². The molecule has 0 saturated carbocycles. The predicted octanol–water partition coefficient (Wildman–Crippen LogP) is 2.32.